The summed E-state index contributed by atoms with van der Waals surface area (Å²) in [5.74, 6) is -0.609. The Kier molecular flexibility index (Phi) is 5.30. The number of aromatic nitrogens is 4. The van der Waals surface area contributed by atoms with Gasteiger partial charge in [-0.15, -0.1) is 5.10 Å². The van der Waals surface area contributed by atoms with Crippen molar-refractivity contribution >= 4 is 23.3 Å². The van der Waals surface area contributed by atoms with Gasteiger partial charge in [0.1, 0.15) is 5.75 Å². The van der Waals surface area contributed by atoms with E-state index in [2.05, 4.69) is 20.4 Å². The van der Waals surface area contributed by atoms with Crippen molar-refractivity contribution < 1.29 is 19.1 Å². The number of hydrogen-bond acceptors (Lipinski definition) is 7. The molecule has 0 saturated carbocycles. The standard InChI is InChI=1S/C18H19N5O4/c1-4-26-14-8-6-5-7-13(14)20-15(24)10-27-17(25)16-21-18-19-11(2)9-12(3)23(18)22-16/h5-9H,4,10H2,1-3H3,(H,20,24). The van der Waals surface area contributed by atoms with Crippen LogP contribution < -0.4 is 10.1 Å². The molecule has 2 aromatic heterocycles. The van der Waals surface area contributed by atoms with Crippen LogP contribution in [0.5, 0.6) is 5.75 Å². The molecule has 0 atom stereocenters. The normalized spacial score (nSPS) is 10.6. The van der Waals surface area contributed by atoms with Crippen LogP contribution in [0.15, 0.2) is 30.3 Å². The van der Waals surface area contributed by atoms with Gasteiger partial charge in [-0.3, -0.25) is 4.79 Å². The smallest absolute Gasteiger partial charge is 0.378 e. The highest BCUT2D eigenvalue weighted by Crippen LogP contribution is 2.23. The minimum atomic E-state index is -0.800. The van der Waals surface area contributed by atoms with E-state index in [-0.39, 0.29) is 5.82 Å². The molecule has 0 aliphatic carbocycles. The first kappa shape index (κ1) is 18.3. The lowest BCUT2D eigenvalue weighted by Gasteiger charge is -2.11. The molecule has 2 heterocycles. The number of fused-ring (bicyclic) bond motifs is 1. The number of aryl methyl sites for hydroxylation is 2. The Hall–Kier alpha value is -3.49. The van der Waals surface area contributed by atoms with Crippen LogP contribution in [0.25, 0.3) is 5.78 Å². The van der Waals surface area contributed by atoms with Crippen LogP contribution in [0, 0.1) is 13.8 Å². The van der Waals surface area contributed by atoms with Gasteiger partial charge in [-0.1, -0.05) is 12.1 Å². The van der Waals surface area contributed by atoms with E-state index in [0.717, 1.165) is 11.4 Å². The van der Waals surface area contributed by atoms with E-state index in [1.165, 1.54) is 4.52 Å². The highest BCUT2D eigenvalue weighted by molar-refractivity contribution is 5.95. The van der Waals surface area contributed by atoms with Crippen molar-refractivity contribution in [2.45, 2.75) is 20.8 Å². The monoisotopic (exact) mass is 369 g/mol. The number of benzene rings is 1. The molecule has 1 aromatic carbocycles. The fourth-order valence-corrected chi connectivity index (χ4v) is 2.49. The number of rotatable bonds is 6. The number of para-hydroxylation sites is 2. The molecule has 1 amide bonds. The summed E-state index contributed by atoms with van der Waals surface area (Å²) >= 11 is 0. The third kappa shape index (κ3) is 4.20. The van der Waals surface area contributed by atoms with Crippen LogP contribution in [0.3, 0.4) is 0 Å². The largest absolute Gasteiger partial charge is 0.492 e. The summed E-state index contributed by atoms with van der Waals surface area (Å²) in [7, 11) is 0. The van der Waals surface area contributed by atoms with Crippen LogP contribution in [0.4, 0.5) is 5.69 Å². The second kappa shape index (κ2) is 7.81. The molecule has 3 rings (SSSR count). The molecule has 9 heteroatoms. The Morgan fingerprint density at radius 1 is 1.19 bits per heavy atom. The Balaban J connectivity index is 1.64. The van der Waals surface area contributed by atoms with E-state index < -0.39 is 18.5 Å². The van der Waals surface area contributed by atoms with Gasteiger partial charge in [0.15, 0.2) is 6.61 Å². The quantitative estimate of drug-likeness (QED) is 0.662. The fraction of sp³-hybridized carbons (Fsp3) is 0.278. The molecule has 1 N–H and O–H groups in total. The summed E-state index contributed by atoms with van der Waals surface area (Å²) in [6.07, 6.45) is 0. The van der Waals surface area contributed by atoms with Crippen LogP contribution in [-0.4, -0.2) is 44.7 Å². The van der Waals surface area contributed by atoms with Crippen molar-refractivity contribution in [2.24, 2.45) is 0 Å². The summed E-state index contributed by atoms with van der Waals surface area (Å²) in [4.78, 5) is 32.5. The summed E-state index contributed by atoms with van der Waals surface area (Å²) in [6.45, 7) is 5.49. The molecule has 140 valence electrons. The maximum absolute atomic E-state index is 12.1. The Morgan fingerprint density at radius 2 is 1.96 bits per heavy atom. The third-order valence-electron chi connectivity index (χ3n) is 3.60. The van der Waals surface area contributed by atoms with Gasteiger partial charge in [0.2, 0.25) is 0 Å². The van der Waals surface area contributed by atoms with Crippen LogP contribution in [0.1, 0.15) is 28.9 Å². The molecular formula is C18H19N5O4. The first-order valence-corrected chi connectivity index (χ1v) is 8.37. The lowest BCUT2D eigenvalue weighted by Crippen LogP contribution is -2.21. The van der Waals surface area contributed by atoms with Gasteiger partial charge in [0.05, 0.1) is 12.3 Å². The number of carbonyl (C=O) groups excluding carboxylic acids is 2. The van der Waals surface area contributed by atoms with E-state index in [4.69, 9.17) is 9.47 Å². The Bertz CT molecular complexity index is 999. The molecule has 3 aromatic rings. The molecule has 0 saturated heterocycles. The summed E-state index contributed by atoms with van der Waals surface area (Å²) in [6, 6.07) is 8.82. The zero-order valence-corrected chi connectivity index (χ0v) is 15.2. The number of hydrogen-bond donors (Lipinski definition) is 1. The van der Waals surface area contributed by atoms with E-state index in [0.29, 0.717) is 23.8 Å². The second-order valence-electron chi connectivity index (χ2n) is 5.74. The van der Waals surface area contributed by atoms with Crippen LogP contribution in [-0.2, 0) is 9.53 Å². The third-order valence-corrected chi connectivity index (χ3v) is 3.60. The first-order chi connectivity index (χ1) is 13.0. The van der Waals surface area contributed by atoms with Crippen LogP contribution in [0.2, 0.25) is 0 Å². The van der Waals surface area contributed by atoms with Gasteiger partial charge in [-0.25, -0.2) is 14.3 Å². The average molecular weight is 369 g/mol. The number of carbonyl (C=O) groups is 2. The van der Waals surface area contributed by atoms with Gasteiger partial charge in [-0.2, -0.15) is 4.98 Å². The number of esters is 1. The molecule has 0 spiro atoms. The van der Waals surface area contributed by atoms with Crippen molar-refractivity contribution in [1.29, 1.82) is 0 Å². The molecule has 0 fully saturated rings. The number of amides is 1. The zero-order chi connectivity index (χ0) is 19.4. The topological polar surface area (TPSA) is 108 Å². The van der Waals surface area contributed by atoms with Crippen molar-refractivity contribution in [1.82, 2.24) is 19.6 Å². The second-order valence-corrected chi connectivity index (χ2v) is 5.74. The molecule has 0 unspecified atom stereocenters. The number of nitrogens with one attached hydrogen (secondary N) is 1. The Labute approximate surface area is 155 Å². The lowest BCUT2D eigenvalue weighted by molar-refractivity contribution is -0.119. The van der Waals surface area contributed by atoms with Gasteiger partial charge >= 0.3 is 5.97 Å². The molecule has 0 radical (unpaired) electrons. The summed E-state index contributed by atoms with van der Waals surface area (Å²) in [5.41, 5.74) is 2.05. The average Bonchev–Trinajstić information content (AvgIpc) is 3.06. The molecule has 0 aliphatic heterocycles. The Morgan fingerprint density at radius 3 is 2.74 bits per heavy atom. The first-order valence-electron chi connectivity index (χ1n) is 8.37. The summed E-state index contributed by atoms with van der Waals surface area (Å²) < 4.78 is 11.9. The lowest BCUT2D eigenvalue weighted by atomic mass is 10.3. The highest BCUT2D eigenvalue weighted by Gasteiger charge is 2.18. The number of nitrogens with zero attached hydrogens (tertiary/aromatic N) is 4. The fourth-order valence-electron chi connectivity index (χ4n) is 2.49. The number of anilines is 1. The molecule has 0 aliphatic rings. The van der Waals surface area contributed by atoms with Gasteiger partial charge in [0, 0.05) is 11.4 Å². The van der Waals surface area contributed by atoms with Crippen molar-refractivity contribution in [3.8, 4) is 5.75 Å². The van der Waals surface area contributed by atoms with Crippen molar-refractivity contribution in [2.75, 3.05) is 18.5 Å². The molecule has 9 nitrogen and oxygen atoms in total. The maximum atomic E-state index is 12.1. The van der Waals surface area contributed by atoms with E-state index >= 15 is 0 Å². The number of ether oxygens (including phenoxy) is 2. The highest BCUT2D eigenvalue weighted by atomic mass is 16.5. The van der Waals surface area contributed by atoms with Gasteiger partial charge in [0.25, 0.3) is 17.5 Å². The maximum Gasteiger partial charge on any atom is 0.378 e. The van der Waals surface area contributed by atoms with E-state index in [1.807, 2.05) is 26.8 Å². The van der Waals surface area contributed by atoms with E-state index in [9.17, 15) is 9.59 Å². The molecular weight excluding hydrogens is 350 g/mol. The van der Waals surface area contributed by atoms with E-state index in [1.54, 1.807) is 24.3 Å². The van der Waals surface area contributed by atoms with Crippen molar-refractivity contribution in [3.05, 3.63) is 47.5 Å². The van der Waals surface area contributed by atoms with Gasteiger partial charge in [-0.05, 0) is 39.0 Å². The molecule has 27 heavy (non-hydrogen) atoms. The van der Waals surface area contributed by atoms with Crippen molar-refractivity contribution in [3.63, 3.8) is 0 Å². The predicted molar refractivity (Wildman–Crippen MR) is 96.8 cm³/mol. The van der Waals surface area contributed by atoms with Crippen LogP contribution >= 0.6 is 0 Å². The summed E-state index contributed by atoms with van der Waals surface area (Å²) in [5, 5.41) is 6.72. The predicted octanol–water partition coefficient (Wildman–Crippen LogP) is 1.94. The minimum Gasteiger partial charge on any atom is -0.492 e. The molecule has 0 bridgehead atoms. The minimum absolute atomic E-state index is 0.154. The van der Waals surface area contributed by atoms with Gasteiger partial charge < -0.3 is 14.8 Å². The SMILES string of the molecule is CCOc1ccccc1NC(=O)COC(=O)c1nc2nc(C)cc(C)n2n1. The zero-order valence-electron chi connectivity index (χ0n) is 15.2.